The number of anilines is 2. The van der Waals surface area contributed by atoms with Gasteiger partial charge in [-0.3, -0.25) is 4.98 Å². The van der Waals surface area contributed by atoms with E-state index in [0.717, 1.165) is 24.0 Å². The fraction of sp³-hybridized carbons (Fsp3) is 0.250. The molecule has 0 unspecified atom stereocenters. The van der Waals surface area contributed by atoms with Crippen molar-refractivity contribution >= 4 is 22.3 Å². The van der Waals surface area contributed by atoms with Crippen LogP contribution in [-0.4, -0.2) is 4.98 Å². The fourth-order valence-electron chi connectivity index (χ4n) is 3.30. The van der Waals surface area contributed by atoms with Gasteiger partial charge < -0.3 is 5.32 Å². The molecule has 0 aliphatic heterocycles. The van der Waals surface area contributed by atoms with Crippen molar-refractivity contribution in [3.05, 3.63) is 65.4 Å². The number of hydrogen-bond donors (Lipinski definition) is 1. The molecule has 1 aliphatic carbocycles. The topological polar surface area (TPSA) is 24.9 Å². The number of fused-ring (bicyclic) bond motifs is 2. The van der Waals surface area contributed by atoms with E-state index in [1.807, 2.05) is 0 Å². The summed E-state index contributed by atoms with van der Waals surface area (Å²) < 4.78 is 0. The zero-order valence-electron chi connectivity index (χ0n) is 12.9. The molecule has 0 saturated heterocycles. The van der Waals surface area contributed by atoms with Gasteiger partial charge in [0.15, 0.2) is 0 Å². The number of aryl methyl sites for hydroxylation is 2. The highest BCUT2D eigenvalue weighted by Gasteiger charge is 2.18. The first kappa shape index (κ1) is 13.3. The van der Waals surface area contributed by atoms with Crippen LogP contribution in [-0.2, 0) is 12.8 Å². The molecule has 4 rings (SSSR count). The van der Waals surface area contributed by atoms with Crippen LogP contribution < -0.4 is 5.32 Å². The van der Waals surface area contributed by atoms with Crippen LogP contribution >= 0.6 is 0 Å². The first-order valence-corrected chi connectivity index (χ1v) is 8.05. The zero-order valence-corrected chi connectivity index (χ0v) is 12.9. The molecule has 0 bridgehead atoms. The lowest BCUT2D eigenvalue weighted by Crippen LogP contribution is -2.09. The Bertz CT molecular complexity index is 819. The standard InChI is InChI=1S/C20H20N2/c1-14-10-12-15(13-11-14)21-20-16-6-2-4-8-18(16)22-19-9-5-3-7-17(19)20/h2,4,6,8,10-13H,3,5,7,9H2,1H3,(H,21,22). The Balaban J connectivity index is 1.88. The summed E-state index contributed by atoms with van der Waals surface area (Å²) in [5, 5.41) is 4.89. The third-order valence-corrected chi connectivity index (χ3v) is 4.49. The Morgan fingerprint density at radius 2 is 1.68 bits per heavy atom. The maximum atomic E-state index is 4.89. The predicted octanol–water partition coefficient (Wildman–Crippen LogP) is 5.17. The van der Waals surface area contributed by atoms with Gasteiger partial charge in [0.2, 0.25) is 0 Å². The van der Waals surface area contributed by atoms with E-state index >= 15 is 0 Å². The lowest BCUT2D eigenvalue weighted by molar-refractivity contribution is 0.672. The van der Waals surface area contributed by atoms with Gasteiger partial charge >= 0.3 is 0 Å². The summed E-state index contributed by atoms with van der Waals surface area (Å²) >= 11 is 0. The normalized spacial score (nSPS) is 13.9. The molecular weight excluding hydrogens is 268 g/mol. The number of hydrogen-bond acceptors (Lipinski definition) is 2. The summed E-state index contributed by atoms with van der Waals surface area (Å²) in [7, 11) is 0. The van der Waals surface area contributed by atoms with Crippen LogP contribution in [0.5, 0.6) is 0 Å². The summed E-state index contributed by atoms with van der Waals surface area (Å²) in [5.41, 5.74) is 7.47. The fourth-order valence-corrected chi connectivity index (χ4v) is 3.30. The molecule has 2 nitrogen and oxygen atoms in total. The van der Waals surface area contributed by atoms with Crippen LogP contribution in [0.4, 0.5) is 11.4 Å². The van der Waals surface area contributed by atoms with Crippen LogP contribution in [0.25, 0.3) is 10.9 Å². The van der Waals surface area contributed by atoms with E-state index in [1.54, 1.807) is 0 Å². The number of aromatic nitrogens is 1. The van der Waals surface area contributed by atoms with Gasteiger partial charge in [0, 0.05) is 16.8 Å². The molecule has 22 heavy (non-hydrogen) atoms. The van der Waals surface area contributed by atoms with Crippen molar-refractivity contribution in [2.45, 2.75) is 32.6 Å². The van der Waals surface area contributed by atoms with Gasteiger partial charge in [-0.15, -0.1) is 0 Å². The minimum Gasteiger partial charge on any atom is -0.355 e. The quantitative estimate of drug-likeness (QED) is 0.704. The van der Waals surface area contributed by atoms with Gasteiger partial charge in [-0.2, -0.15) is 0 Å². The van der Waals surface area contributed by atoms with Gasteiger partial charge in [-0.05, 0) is 56.4 Å². The lowest BCUT2D eigenvalue weighted by atomic mass is 9.92. The van der Waals surface area contributed by atoms with Crippen LogP contribution in [0.3, 0.4) is 0 Å². The van der Waals surface area contributed by atoms with Crippen LogP contribution in [0.2, 0.25) is 0 Å². The van der Waals surface area contributed by atoms with Crippen molar-refractivity contribution < 1.29 is 0 Å². The largest absolute Gasteiger partial charge is 0.355 e. The summed E-state index contributed by atoms with van der Waals surface area (Å²) in [6.45, 7) is 2.12. The van der Waals surface area contributed by atoms with E-state index in [9.17, 15) is 0 Å². The lowest BCUT2D eigenvalue weighted by Gasteiger charge is -2.21. The van der Waals surface area contributed by atoms with Crippen LogP contribution in [0, 0.1) is 6.92 Å². The number of rotatable bonds is 2. The highest BCUT2D eigenvalue weighted by molar-refractivity contribution is 5.95. The predicted molar refractivity (Wildman–Crippen MR) is 92.8 cm³/mol. The Labute approximate surface area is 131 Å². The smallest absolute Gasteiger partial charge is 0.0726 e. The Kier molecular flexibility index (Phi) is 3.30. The molecule has 0 saturated carbocycles. The highest BCUT2D eigenvalue weighted by Crippen LogP contribution is 2.35. The monoisotopic (exact) mass is 288 g/mol. The molecule has 0 amide bonds. The molecular formula is C20H20N2. The Hall–Kier alpha value is -2.35. The number of benzene rings is 2. The van der Waals surface area contributed by atoms with E-state index in [2.05, 4.69) is 60.8 Å². The van der Waals surface area contributed by atoms with E-state index in [-0.39, 0.29) is 0 Å². The third-order valence-electron chi connectivity index (χ3n) is 4.49. The number of nitrogens with one attached hydrogen (secondary N) is 1. The average molecular weight is 288 g/mol. The molecule has 0 spiro atoms. The summed E-state index contributed by atoms with van der Waals surface area (Å²) in [6.07, 6.45) is 4.74. The average Bonchev–Trinajstić information content (AvgIpc) is 2.56. The number of nitrogens with zero attached hydrogens (tertiary/aromatic N) is 1. The third kappa shape index (κ3) is 2.35. The molecule has 1 N–H and O–H groups in total. The van der Waals surface area contributed by atoms with Gasteiger partial charge in [-0.1, -0.05) is 35.9 Å². The van der Waals surface area contributed by atoms with Crippen LogP contribution in [0.1, 0.15) is 29.7 Å². The zero-order chi connectivity index (χ0) is 14.9. The highest BCUT2D eigenvalue weighted by atomic mass is 14.9. The summed E-state index contributed by atoms with van der Waals surface area (Å²) in [6, 6.07) is 17.1. The van der Waals surface area contributed by atoms with Gasteiger partial charge in [-0.25, -0.2) is 0 Å². The summed E-state index contributed by atoms with van der Waals surface area (Å²) in [4.78, 5) is 4.89. The Morgan fingerprint density at radius 1 is 0.909 bits per heavy atom. The van der Waals surface area contributed by atoms with Crippen LogP contribution in [0.15, 0.2) is 48.5 Å². The van der Waals surface area contributed by atoms with E-state index in [4.69, 9.17) is 4.98 Å². The molecule has 110 valence electrons. The molecule has 1 aromatic heterocycles. The van der Waals surface area contributed by atoms with Crippen molar-refractivity contribution in [1.82, 2.24) is 4.98 Å². The molecule has 0 atom stereocenters. The second-order valence-electron chi connectivity index (χ2n) is 6.13. The Morgan fingerprint density at radius 3 is 2.55 bits per heavy atom. The molecule has 1 aliphatic rings. The molecule has 0 radical (unpaired) electrons. The maximum absolute atomic E-state index is 4.89. The number of pyridine rings is 1. The molecule has 1 heterocycles. The van der Waals surface area contributed by atoms with Gasteiger partial charge in [0.1, 0.15) is 0 Å². The van der Waals surface area contributed by atoms with Crippen molar-refractivity contribution in [1.29, 1.82) is 0 Å². The second-order valence-corrected chi connectivity index (χ2v) is 6.13. The van der Waals surface area contributed by atoms with Crippen molar-refractivity contribution in [3.8, 4) is 0 Å². The van der Waals surface area contributed by atoms with Crippen molar-refractivity contribution in [2.75, 3.05) is 5.32 Å². The molecule has 0 fully saturated rings. The minimum absolute atomic E-state index is 1.10. The van der Waals surface area contributed by atoms with Crippen molar-refractivity contribution in [3.63, 3.8) is 0 Å². The first-order chi connectivity index (χ1) is 10.8. The molecule has 3 aromatic rings. The number of para-hydroxylation sites is 1. The summed E-state index contributed by atoms with van der Waals surface area (Å²) in [5.74, 6) is 0. The maximum Gasteiger partial charge on any atom is 0.0726 e. The first-order valence-electron chi connectivity index (χ1n) is 8.05. The van der Waals surface area contributed by atoms with E-state index < -0.39 is 0 Å². The van der Waals surface area contributed by atoms with Crippen molar-refractivity contribution in [2.24, 2.45) is 0 Å². The molecule has 2 heteroatoms. The second kappa shape index (κ2) is 5.45. The minimum atomic E-state index is 1.10. The van der Waals surface area contributed by atoms with Gasteiger partial charge in [0.25, 0.3) is 0 Å². The van der Waals surface area contributed by atoms with E-state index in [0.29, 0.717) is 0 Å². The SMILES string of the molecule is Cc1ccc(Nc2c3c(nc4ccccc24)CCCC3)cc1. The van der Waals surface area contributed by atoms with E-state index in [1.165, 1.54) is 40.7 Å². The van der Waals surface area contributed by atoms with Gasteiger partial charge in [0.05, 0.1) is 11.2 Å². The molecule has 2 aromatic carbocycles.